The van der Waals surface area contributed by atoms with Crippen LogP contribution in [0.5, 0.6) is 0 Å². The number of carbonyl (C=O) groups is 2. The predicted molar refractivity (Wildman–Crippen MR) is 64.4 cm³/mol. The summed E-state index contributed by atoms with van der Waals surface area (Å²) >= 11 is 0. The first-order valence-electron chi connectivity index (χ1n) is 5.59. The molecule has 1 atom stereocenters. The Morgan fingerprint density at radius 2 is 1.94 bits per heavy atom. The molecule has 0 heterocycles. The standard InChI is InChI=1S/C13H17NO3/c1-3-17-13(16)12(10(2)15)14-9-11-7-5-4-6-8-11/h4-8,12,14H,3,9H2,1-2H3. The van der Waals surface area contributed by atoms with Gasteiger partial charge < -0.3 is 4.74 Å². The van der Waals surface area contributed by atoms with Crippen LogP contribution in [0.4, 0.5) is 0 Å². The fourth-order valence-corrected chi connectivity index (χ4v) is 1.43. The minimum atomic E-state index is -0.879. The number of hydrogen-bond donors (Lipinski definition) is 1. The highest BCUT2D eigenvalue weighted by Gasteiger charge is 2.23. The number of hydrogen-bond acceptors (Lipinski definition) is 4. The lowest BCUT2D eigenvalue weighted by Gasteiger charge is -2.14. The Balaban J connectivity index is 2.56. The van der Waals surface area contributed by atoms with Crippen LogP contribution in [0.1, 0.15) is 19.4 Å². The molecule has 0 fully saturated rings. The molecule has 0 spiro atoms. The van der Waals surface area contributed by atoms with E-state index in [0.717, 1.165) is 5.56 Å². The summed E-state index contributed by atoms with van der Waals surface area (Å²) < 4.78 is 4.83. The van der Waals surface area contributed by atoms with Crippen molar-refractivity contribution < 1.29 is 14.3 Å². The second-order valence-corrected chi connectivity index (χ2v) is 3.66. The van der Waals surface area contributed by atoms with Gasteiger partial charge in [-0.25, -0.2) is 4.79 Å². The van der Waals surface area contributed by atoms with Gasteiger partial charge in [-0.2, -0.15) is 0 Å². The summed E-state index contributed by atoms with van der Waals surface area (Å²) in [7, 11) is 0. The summed E-state index contributed by atoms with van der Waals surface area (Å²) in [5, 5.41) is 2.90. The number of benzene rings is 1. The molecule has 4 heteroatoms. The summed E-state index contributed by atoms with van der Waals surface area (Å²) in [5.41, 5.74) is 1.02. The molecule has 0 saturated carbocycles. The van der Waals surface area contributed by atoms with Crippen LogP contribution in [0.2, 0.25) is 0 Å². The average molecular weight is 235 g/mol. The SMILES string of the molecule is CCOC(=O)C(NCc1ccccc1)C(C)=O. The highest BCUT2D eigenvalue weighted by atomic mass is 16.5. The number of carbonyl (C=O) groups excluding carboxylic acids is 2. The largest absolute Gasteiger partial charge is 0.464 e. The number of nitrogens with one attached hydrogen (secondary N) is 1. The predicted octanol–water partition coefficient (Wildman–Crippen LogP) is 1.30. The zero-order valence-electron chi connectivity index (χ0n) is 10.1. The number of rotatable bonds is 6. The molecule has 0 aliphatic heterocycles. The molecule has 1 N–H and O–H groups in total. The van der Waals surface area contributed by atoms with E-state index < -0.39 is 12.0 Å². The summed E-state index contributed by atoms with van der Waals surface area (Å²) in [6, 6.07) is 8.70. The van der Waals surface area contributed by atoms with Crippen LogP contribution in [0, 0.1) is 0 Å². The van der Waals surface area contributed by atoms with Gasteiger partial charge in [0.25, 0.3) is 0 Å². The quantitative estimate of drug-likeness (QED) is 0.596. The molecular weight excluding hydrogens is 218 g/mol. The average Bonchev–Trinajstić information content (AvgIpc) is 2.30. The Hall–Kier alpha value is -1.68. The fraction of sp³-hybridized carbons (Fsp3) is 0.385. The molecule has 0 amide bonds. The van der Waals surface area contributed by atoms with Gasteiger partial charge in [0.15, 0.2) is 11.8 Å². The lowest BCUT2D eigenvalue weighted by molar-refractivity contribution is -0.148. The Bertz CT molecular complexity index is 376. The number of esters is 1. The van der Waals surface area contributed by atoms with Crippen molar-refractivity contribution in [2.45, 2.75) is 26.4 Å². The van der Waals surface area contributed by atoms with Crippen LogP contribution in [0.3, 0.4) is 0 Å². The molecule has 1 aromatic rings. The van der Waals surface area contributed by atoms with Crippen molar-refractivity contribution in [3.63, 3.8) is 0 Å². The van der Waals surface area contributed by atoms with E-state index in [4.69, 9.17) is 4.74 Å². The molecule has 0 aliphatic rings. The van der Waals surface area contributed by atoms with Crippen LogP contribution < -0.4 is 5.32 Å². The van der Waals surface area contributed by atoms with Crippen molar-refractivity contribution in [2.24, 2.45) is 0 Å². The molecule has 0 saturated heterocycles. The van der Waals surface area contributed by atoms with Crippen molar-refractivity contribution in [3.05, 3.63) is 35.9 Å². The third-order valence-electron chi connectivity index (χ3n) is 2.28. The van der Waals surface area contributed by atoms with Gasteiger partial charge in [-0.05, 0) is 19.4 Å². The number of ether oxygens (including phenoxy) is 1. The van der Waals surface area contributed by atoms with Gasteiger partial charge in [0, 0.05) is 6.54 Å². The normalized spacial score (nSPS) is 11.9. The van der Waals surface area contributed by atoms with Gasteiger partial charge in [0.2, 0.25) is 0 Å². The smallest absolute Gasteiger partial charge is 0.330 e. The van der Waals surface area contributed by atoms with Crippen molar-refractivity contribution in [1.82, 2.24) is 5.32 Å². The van der Waals surface area contributed by atoms with Gasteiger partial charge in [-0.1, -0.05) is 30.3 Å². The summed E-state index contributed by atoms with van der Waals surface area (Å²) in [6.45, 7) is 3.82. The van der Waals surface area contributed by atoms with E-state index in [1.54, 1.807) is 6.92 Å². The van der Waals surface area contributed by atoms with Crippen LogP contribution >= 0.6 is 0 Å². The van der Waals surface area contributed by atoms with Crippen molar-refractivity contribution in [2.75, 3.05) is 6.61 Å². The molecule has 0 radical (unpaired) electrons. The minimum absolute atomic E-state index is 0.237. The maximum absolute atomic E-state index is 11.5. The topological polar surface area (TPSA) is 55.4 Å². The summed E-state index contributed by atoms with van der Waals surface area (Å²) in [4.78, 5) is 22.8. The maximum Gasteiger partial charge on any atom is 0.330 e. The molecular formula is C13H17NO3. The van der Waals surface area contributed by atoms with Gasteiger partial charge in [0.1, 0.15) is 0 Å². The van der Waals surface area contributed by atoms with Crippen molar-refractivity contribution in [3.8, 4) is 0 Å². The Labute approximate surface area is 101 Å². The van der Waals surface area contributed by atoms with E-state index in [1.165, 1.54) is 6.92 Å². The van der Waals surface area contributed by atoms with Crippen LogP contribution in [0.25, 0.3) is 0 Å². The van der Waals surface area contributed by atoms with Crippen LogP contribution in [0.15, 0.2) is 30.3 Å². The molecule has 1 rings (SSSR count). The highest BCUT2D eigenvalue weighted by Crippen LogP contribution is 2.00. The van der Waals surface area contributed by atoms with Crippen molar-refractivity contribution in [1.29, 1.82) is 0 Å². The number of Topliss-reactive ketones (excluding diaryl/α,β-unsaturated/α-hetero) is 1. The first-order valence-corrected chi connectivity index (χ1v) is 5.59. The molecule has 0 aliphatic carbocycles. The first kappa shape index (κ1) is 13.4. The molecule has 1 unspecified atom stereocenters. The Kier molecular flexibility index (Phi) is 5.36. The monoisotopic (exact) mass is 235 g/mol. The molecule has 0 bridgehead atoms. The van der Waals surface area contributed by atoms with Gasteiger partial charge >= 0.3 is 5.97 Å². The molecule has 92 valence electrons. The Morgan fingerprint density at radius 3 is 2.47 bits per heavy atom. The second-order valence-electron chi connectivity index (χ2n) is 3.66. The van der Waals surface area contributed by atoms with E-state index >= 15 is 0 Å². The van der Waals surface area contributed by atoms with Crippen LogP contribution in [-0.2, 0) is 20.9 Å². The molecule has 0 aromatic heterocycles. The molecule has 4 nitrogen and oxygen atoms in total. The minimum Gasteiger partial charge on any atom is -0.464 e. The van der Waals surface area contributed by atoms with Gasteiger partial charge in [0.05, 0.1) is 6.61 Å². The lowest BCUT2D eigenvalue weighted by Crippen LogP contribution is -2.43. The van der Waals surface area contributed by atoms with Crippen LogP contribution in [-0.4, -0.2) is 24.4 Å². The van der Waals surface area contributed by atoms with E-state index in [2.05, 4.69) is 5.32 Å². The van der Waals surface area contributed by atoms with Gasteiger partial charge in [-0.15, -0.1) is 0 Å². The Morgan fingerprint density at radius 1 is 1.29 bits per heavy atom. The third kappa shape index (κ3) is 4.36. The number of ketones is 1. The van der Waals surface area contributed by atoms with E-state index in [-0.39, 0.29) is 12.4 Å². The van der Waals surface area contributed by atoms with E-state index in [0.29, 0.717) is 6.54 Å². The summed E-state index contributed by atoms with van der Waals surface area (Å²) in [5.74, 6) is -0.754. The van der Waals surface area contributed by atoms with E-state index in [1.807, 2.05) is 30.3 Å². The van der Waals surface area contributed by atoms with Crippen molar-refractivity contribution >= 4 is 11.8 Å². The summed E-state index contributed by atoms with van der Waals surface area (Å²) in [6.07, 6.45) is 0. The highest BCUT2D eigenvalue weighted by molar-refractivity contribution is 6.01. The molecule has 1 aromatic carbocycles. The second kappa shape index (κ2) is 6.81. The fourth-order valence-electron chi connectivity index (χ4n) is 1.43. The molecule has 17 heavy (non-hydrogen) atoms. The zero-order chi connectivity index (χ0) is 12.7. The maximum atomic E-state index is 11.5. The zero-order valence-corrected chi connectivity index (χ0v) is 10.1. The lowest BCUT2D eigenvalue weighted by atomic mass is 10.1. The third-order valence-corrected chi connectivity index (χ3v) is 2.28. The van der Waals surface area contributed by atoms with Gasteiger partial charge in [-0.3, -0.25) is 10.1 Å². The first-order chi connectivity index (χ1) is 8.15. The van der Waals surface area contributed by atoms with E-state index in [9.17, 15) is 9.59 Å².